The molecule has 0 aromatic carbocycles. The Kier molecular flexibility index (Phi) is 4.44. The lowest BCUT2D eigenvalue weighted by molar-refractivity contribution is -0.330. The van der Waals surface area contributed by atoms with Crippen molar-refractivity contribution in [1.82, 2.24) is 0 Å². The molecule has 0 aliphatic carbocycles. The standard InChI is InChI=1S/C10H16O7/c1-5-10(15-4)16-6(8(11)13-2)7(17-10)9(12)14-3/h6-7H,5H2,1-4H3/t6-,7-/m1/s1. The molecule has 0 unspecified atom stereocenters. The molecule has 0 amide bonds. The average Bonchev–Trinajstić information content (AvgIpc) is 2.77. The predicted octanol–water partition coefficient (Wildman–Crippen LogP) is -0.173. The number of methoxy groups -OCH3 is 3. The van der Waals surface area contributed by atoms with E-state index >= 15 is 0 Å². The molecule has 1 heterocycles. The second-order valence-corrected chi connectivity index (χ2v) is 3.36. The third-order valence-corrected chi connectivity index (χ3v) is 2.50. The van der Waals surface area contributed by atoms with Crippen LogP contribution in [0.1, 0.15) is 13.3 Å². The zero-order valence-electron chi connectivity index (χ0n) is 10.2. The highest BCUT2D eigenvalue weighted by Gasteiger charge is 2.54. The summed E-state index contributed by atoms with van der Waals surface area (Å²) in [5, 5.41) is 0. The lowest BCUT2D eigenvalue weighted by atomic mass is 10.2. The van der Waals surface area contributed by atoms with Gasteiger partial charge >= 0.3 is 11.9 Å². The van der Waals surface area contributed by atoms with Crippen molar-refractivity contribution in [2.24, 2.45) is 0 Å². The first kappa shape index (κ1) is 13.9. The van der Waals surface area contributed by atoms with Crippen LogP contribution >= 0.6 is 0 Å². The molecule has 7 heteroatoms. The largest absolute Gasteiger partial charge is 0.467 e. The van der Waals surface area contributed by atoms with Crippen LogP contribution in [0.2, 0.25) is 0 Å². The number of esters is 2. The highest BCUT2D eigenvalue weighted by Crippen LogP contribution is 2.33. The first-order valence-corrected chi connectivity index (χ1v) is 5.10. The lowest BCUT2D eigenvalue weighted by Gasteiger charge is -2.23. The van der Waals surface area contributed by atoms with Gasteiger partial charge in [0.05, 0.1) is 14.2 Å². The molecule has 0 N–H and O–H groups in total. The van der Waals surface area contributed by atoms with Gasteiger partial charge in [-0.1, -0.05) is 6.92 Å². The molecule has 0 spiro atoms. The van der Waals surface area contributed by atoms with Crippen LogP contribution in [0, 0.1) is 0 Å². The van der Waals surface area contributed by atoms with Crippen molar-refractivity contribution in [3.05, 3.63) is 0 Å². The van der Waals surface area contributed by atoms with E-state index in [1.54, 1.807) is 6.92 Å². The third-order valence-electron chi connectivity index (χ3n) is 2.50. The van der Waals surface area contributed by atoms with Crippen molar-refractivity contribution in [3.63, 3.8) is 0 Å². The quantitative estimate of drug-likeness (QED) is 0.639. The summed E-state index contributed by atoms with van der Waals surface area (Å²) in [4.78, 5) is 22.9. The summed E-state index contributed by atoms with van der Waals surface area (Å²) in [6.45, 7) is 1.73. The molecule has 17 heavy (non-hydrogen) atoms. The zero-order chi connectivity index (χ0) is 13.1. The van der Waals surface area contributed by atoms with Crippen LogP contribution in [0.4, 0.5) is 0 Å². The maximum atomic E-state index is 11.5. The summed E-state index contributed by atoms with van der Waals surface area (Å²) in [7, 11) is 3.75. The summed E-state index contributed by atoms with van der Waals surface area (Å²) in [6, 6.07) is 0. The van der Waals surface area contributed by atoms with Crippen LogP contribution < -0.4 is 0 Å². The van der Waals surface area contributed by atoms with Gasteiger partial charge in [-0.25, -0.2) is 9.59 Å². The summed E-state index contributed by atoms with van der Waals surface area (Å²) in [6.07, 6.45) is -2.07. The minimum Gasteiger partial charge on any atom is -0.467 e. The Morgan fingerprint density at radius 3 is 1.71 bits per heavy atom. The molecular weight excluding hydrogens is 232 g/mol. The molecule has 7 nitrogen and oxygen atoms in total. The third kappa shape index (κ3) is 2.56. The second kappa shape index (κ2) is 5.44. The molecular formula is C10H16O7. The molecule has 0 aromatic heterocycles. The topological polar surface area (TPSA) is 80.3 Å². The molecule has 2 atom stereocenters. The van der Waals surface area contributed by atoms with E-state index in [2.05, 4.69) is 9.47 Å². The zero-order valence-corrected chi connectivity index (χ0v) is 10.2. The minimum atomic E-state index is -1.42. The van der Waals surface area contributed by atoms with Gasteiger partial charge in [0.1, 0.15) is 0 Å². The van der Waals surface area contributed by atoms with Crippen LogP contribution in [0.3, 0.4) is 0 Å². The molecule has 1 saturated heterocycles. The van der Waals surface area contributed by atoms with Gasteiger partial charge in [0, 0.05) is 13.5 Å². The molecule has 0 saturated carbocycles. The van der Waals surface area contributed by atoms with E-state index in [0.717, 1.165) is 0 Å². The number of hydrogen-bond acceptors (Lipinski definition) is 7. The Hall–Kier alpha value is -1.18. The molecule has 1 rings (SSSR count). The minimum absolute atomic E-state index is 0.310. The Bertz CT molecular complexity index is 271. The van der Waals surface area contributed by atoms with Gasteiger partial charge in [0.2, 0.25) is 0 Å². The molecule has 0 aromatic rings. The van der Waals surface area contributed by atoms with Crippen LogP contribution in [0.15, 0.2) is 0 Å². The monoisotopic (exact) mass is 248 g/mol. The van der Waals surface area contributed by atoms with E-state index in [0.29, 0.717) is 6.42 Å². The van der Waals surface area contributed by atoms with E-state index in [9.17, 15) is 9.59 Å². The van der Waals surface area contributed by atoms with Gasteiger partial charge in [-0.15, -0.1) is 0 Å². The van der Waals surface area contributed by atoms with Crippen molar-refractivity contribution in [1.29, 1.82) is 0 Å². The predicted molar refractivity (Wildman–Crippen MR) is 53.8 cm³/mol. The van der Waals surface area contributed by atoms with E-state index < -0.39 is 30.1 Å². The van der Waals surface area contributed by atoms with Crippen molar-refractivity contribution >= 4 is 11.9 Å². The molecule has 0 radical (unpaired) electrons. The van der Waals surface area contributed by atoms with Gasteiger partial charge in [0.25, 0.3) is 5.97 Å². The maximum absolute atomic E-state index is 11.5. The second-order valence-electron chi connectivity index (χ2n) is 3.36. The van der Waals surface area contributed by atoms with Gasteiger partial charge in [-0.3, -0.25) is 0 Å². The van der Waals surface area contributed by atoms with Gasteiger partial charge in [-0.05, 0) is 0 Å². The molecule has 1 aliphatic heterocycles. The summed E-state index contributed by atoms with van der Waals surface area (Å²) in [5.74, 6) is -2.85. The lowest BCUT2D eigenvalue weighted by Crippen LogP contribution is -2.38. The molecule has 1 aliphatic rings. The molecule has 1 fully saturated rings. The van der Waals surface area contributed by atoms with Gasteiger partial charge in [0.15, 0.2) is 12.2 Å². The fraction of sp³-hybridized carbons (Fsp3) is 0.800. The first-order chi connectivity index (χ1) is 8.03. The van der Waals surface area contributed by atoms with E-state index in [1.165, 1.54) is 21.3 Å². The van der Waals surface area contributed by atoms with E-state index in [-0.39, 0.29) is 0 Å². The maximum Gasteiger partial charge on any atom is 0.338 e. The Balaban J connectivity index is 2.93. The highest BCUT2D eigenvalue weighted by atomic mass is 16.9. The van der Waals surface area contributed by atoms with E-state index in [4.69, 9.17) is 14.2 Å². The van der Waals surface area contributed by atoms with Crippen LogP contribution in [0.5, 0.6) is 0 Å². The molecule has 98 valence electrons. The highest BCUT2D eigenvalue weighted by molar-refractivity contribution is 5.86. The summed E-state index contributed by atoms with van der Waals surface area (Å²) >= 11 is 0. The average molecular weight is 248 g/mol. The smallest absolute Gasteiger partial charge is 0.338 e. The summed E-state index contributed by atoms with van der Waals surface area (Å²) < 4.78 is 24.7. The number of rotatable bonds is 4. The Labute approximate surface area is 98.9 Å². The Morgan fingerprint density at radius 2 is 1.47 bits per heavy atom. The fourth-order valence-corrected chi connectivity index (χ4v) is 1.52. The normalized spacial score (nSPS) is 26.6. The molecule has 0 bridgehead atoms. The van der Waals surface area contributed by atoms with Crippen molar-refractivity contribution in [3.8, 4) is 0 Å². The van der Waals surface area contributed by atoms with Crippen LogP contribution in [0.25, 0.3) is 0 Å². The number of ether oxygens (including phenoxy) is 5. The number of hydrogen-bond donors (Lipinski definition) is 0. The van der Waals surface area contributed by atoms with Crippen molar-refractivity contribution in [2.45, 2.75) is 31.5 Å². The van der Waals surface area contributed by atoms with Crippen molar-refractivity contribution < 1.29 is 33.3 Å². The van der Waals surface area contributed by atoms with Gasteiger partial charge < -0.3 is 23.7 Å². The van der Waals surface area contributed by atoms with Crippen LogP contribution in [-0.2, 0) is 33.3 Å². The van der Waals surface area contributed by atoms with Crippen LogP contribution in [-0.4, -0.2) is 51.4 Å². The summed E-state index contributed by atoms with van der Waals surface area (Å²) in [5.41, 5.74) is 0. The van der Waals surface area contributed by atoms with Crippen molar-refractivity contribution in [2.75, 3.05) is 21.3 Å². The number of carbonyl (C=O) groups excluding carboxylic acids is 2. The van der Waals surface area contributed by atoms with E-state index in [1.807, 2.05) is 0 Å². The number of carbonyl (C=O) groups is 2. The fourth-order valence-electron chi connectivity index (χ4n) is 1.52. The SMILES string of the molecule is CCC1(OC)O[C@@H](C(=O)OC)[C@H](C(=O)OC)O1. The van der Waals surface area contributed by atoms with Gasteiger partial charge in [-0.2, -0.15) is 0 Å². The first-order valence-electron chi connectivity index (χ1n) is 5.10. The Morgan fingerprint density at radius 1 is 1.06 bits per heavy atom.